The van der Waals surface area contributed by atoms with E-state index in [1.807, 2.05) is 13.8 Å². The molecule has 0 radical (unpaired) electrons. The summed E-state index contributed by atoms with van der Waals surface area (Å²) in [7, 11) is 1.44. The van der Waals surface area contributed by atoms with Crippen LogP contribution in [0.2, 0.25) is 0 Å². The lowest BCUT2D eigenvalue weighted by molar-refractivity contribution is 0.612. The van der Waals surface area contributed by atoms with Crippen molar-refractivity contribution in [1.29, 1.82) is 0 Å². The fraction of sp³-hybridized carbons (Fsp3) is 0.444. The average Bonchev–Trinajstić information content (AvgIpc) is 2.58. The van der Waals surface area contributed by atoms with Crippen molar-refractivity contribution in [2.75, 3.05) is 0 Å². The Morgan fingerprint density at radius 2 is 2.07 bits per heavy atom. The van der Waals surface area contributed by atoms with Crippen molar-refractivity contribution in [2.24, 2.45) is 7.05 Å². The Hall–Kier alpha value is -1.85. The van der Waals surface area contributed by atoms with Gasteiger partial charge in [0.1, 0.15) is 0 Å². The molecule has 2 aromatic heterocycles. The maximum absolute atomic E-state index is 11.8. The first-order chi connectivity index (χ1) is 7.02. The minimum absolute atomic E-state index is 0.133. The van der Waals surface area contributed by atoms with E-state index in [1.165, 1.54) is 7.05 Å². The zero-order valence-electron chi connectivity index (χ0n) is 8.81. The van der Waals surface area contributed by atoms with E-state index in [0.29, 0.717) is 11.2 Å². The van der Waals surface area contributed by atoms with E-state index < -0.39 is 5.69 Å². The van der Waals surface area contributed by atoms with Gasteiger partial charge in [-0.15, -0.1) is 0 Å². The Morgan fingerprint density at radius 1 is 1.40 bits per heavy atom. The number of imidazole rings is 1. The van der Waals surface area contributed by atoms with Crippen LogP contribution in [0, 0.1) is 0 Å². The highest BCUT2D eigenvalue weighted by Gasteiger charge is 2.12. The quantitative estimate of drug-likeness (QED) is 0.717. The molecule has 80 valence electrons. The van der Waals surface area contributed by atoms with Crippen molar-refractivity contribution >= 4 is 11.2 Å². The largest absolute Gasteiger partial charge is 0.329 e. The molecule has 0 spiro atoms. The number of hydrogen-bond acceptors (Lipinski definition) is 3. The number of H-pyrrole nitrogens is 1. The third-order valence-corrected chi connectivity index (χ3v) is 2.39. The van der Waals surface area contributed by atoms with Gasteiger partial charge in [-0.3, -0.25) is 14.3 Å². The summed E-state index contributed by atoms with van der Waals surface area (Å²) in [6.07, 6.45) is 1.56. The first-order valence-corrected chi connectivity index (χ1v) is 4.68. The Morgan fingerprint density at radius 3 is 2.67 bits per heavy atom. The highest BCUT2D eigenvalue weighted by molar-refractivity contribution is 5.69. The lowest BCUT2D eigenvalue weighted by Crippen LogP contribution is -2.33. The van der Waals surface area contributed by atoms with E-state index in [2.05, 4.69) is 9.97 Å². The second-order valence-corrected chi connectivity index (χ2v) is 3.74. The van der Waals surface area contributed by atoms with Crippen LogP contribution in [0.3, 0.4) is 0 Å². The van der Waals surface area contributed by atoms with Crippen molar-refractivity contribution in [3.8, 4) is 0 Å². The number of nitrogens with one attached hydrogen (secondary N) is 1. The number of aromatic amines is 1. The molecule has 0 amide bonds. The first kappa shape index (κ1) is 9.70. The van der Waals surface area contributed by atoms with Crippen LogP contribution in [-0.4, -0.2) is 19.1 Å². The summed E-state index contributed by atoms with van der Waals surface area (Å²) in [5.41, 5.74) is 0.0188. The lowest BCUT2D eigenvalue weighted by Gasteiger charge is -2.07. The van der Waals surface area contributed by atoms with Gasteiger partial charge in [-0.1, -0.05) is 0 Å². The summed E-state index contributed by atoms with van der Waals surface area (Å²) in [4.78, 5) is 29.7. The summed E-state index contributed by atoms with van der Waals surface area (Å²) in [6, 6.07) is 0.133. The van der Waals surface area contributed by atoms with Crippen LogP contribution in [0.15, 0.2) is 15.9 Å². The predicted molar refractivity (Wildman–Crippen MR) is 56.0 cm³/mol. The Labute approximate surface area is 85.2 Å². The van der Waals surface area contributed by atoms with E-state index in [-0.39, 0.29) is 11.6 Å². The molecular formula is C9H12N4O2. The molecule has 6 heteroatoms. The Kier molecular flexibility index (Phi) is 1.99. The van der Waals surface area contributed by atoms with Crippen molar-refractivity contribution in [1.82, 2.24) is 19.1 Å². The summed E-state index contributed by atoms with van der Waals surface area (Å²) < 4.78 is 2.79. The molecule has 0 fully saturated rings. The molecule has 0 aliphatic carbocycles. The van der Waals surface area contributed by atoms with Crippen LogP contribution in [0.25, 0.3) is 11.2 Å². The molecule has 2 heterocycles. The highest BCUT2D eigenvalue weighted by Crippen LogP contribution is 2.10. The molecular weight excluding hydrogens is 196 g/mol. The Bertz CT molecular complexity index is 617. The van der Waals surface area contributed by atoms with Gasteiger partial charge < -0.3 is 4.57 Å². The van der Waals surface area contributed by atoms with Gasteiger partial charge in [-0.25, -0.2) is 9.78 Å². The minimum Gasteiger partial charge on any atom is -0.322 e. The number of aromatic nitrogens is 4. The van der Waals surface area contributed by atoms with Gasteiger partial charge in [-0.05, 0) is 13.8 Å². The van der Waals surface area contributed by atoms with E-state index in [4.69, 9.17) is 0 Å². The van der Waals surface area contributed by atoms with Crippen molar-refractivity contribution in [3.05, 3.63) is 27.2 Å². The second kappa shape index (κ2) is 3.08. The van der Waals surface area contributed by atoms with Crippen molar-refractivity contribution < 1.29 is 0 Å². The summed E-state index contributed by atoms with van der Waals surface area (Å²) in [5.74, 6) is 0. The van der Waals surface area contributed by atoms with Gasteiger partial charge in [0.15, 0.2) is 11.2 Å². The molecule has 0 aliphatic heterocycles. The monoisotopic (exact) mass is 208 g/mol. The number of fused-ring (bicyclic) bond motifs is 1. The van der Waals surface area contributed by atoms with E-state index in [9.17, 15) is 9.59 Å². The van der Waals surface area contributed by atoms with E-state index in [0.717, 1.165) is 4.57 Å². The van der Waals surface area contributed by atoms with Gasteiger partial charge in [0, 0.05) is 13.1 Å². The lowest BCUT2D eigenvalue weighted by atomic mass is 10.4. The van der Waals surface area contributed by atoms with Crippen LogP contribution in [0.1, 0.15) is 19.9 Å². The van der Waals surface area contributed by atoms with Crippen LogP contribution >= 0.6 is 0 Å². The van der Waals surface area contributed by atoms with Gasteiger partial charge in [0.25, 0.3) is 5.56 Å². The minimum atomic E-state index is -0.443. The molecule has 0 aromatic carbocycles. The number of hydrogen-bond donors (Lipinski definition) is 1. The summed E-state index contributed by atoms with van der Waals surface area (Å²) in [6.45, 7) is 3.90. The molecule has 0 saturated carbocycles. The molecule has 0 bridgehead atoms. The standard InChI is InChI=1S/C9H12N4O2/c1-5(2)13-4-10-7-6(13)8(14)12(3)9(15)11-7/h4-5H,1-3H3,(H,11,15). The van der Waals surface area contributed by atoms with Crippen LogP contribution in [-0.2, 0) is 7.05 Å². The van der Waals surface area contributed by atoms with Crippen LogP contribution < -0.4 is 11.2 Å². The first-order valence-electron chi connectivity index (χ1n) is 4.68. The SMILES string of the molecule is CC(C)n1cnc2[nH]c(=O)n(C)c(=O)c21. The molecule has 0 unspecified atom stereocenters. The third kappa shape index (κ3) is 1.29. The summed E-state index contributed by atoms with van der Waals surface area (Å²) >= 11 is 0. The third-order valence-electron chi connectivity index (χ3n) is 2.39. The van der Waals surface area contributed by atoms with Crippen molar-refractivity contribution in [3.63, 3.8) is 0 Å². The van der Waals surface area contributed by atoms with E-state index in [1.54, 1.807) is 10.9 Å². The number of nitrogens with zero attached hydrogens (tertiary/aromatic N) is 3. The normalized spacial score (nSPS) is 11.5. The molecule has 0 aliphatic rings. The van der Waals surface area contributed by atoms with Gasteiger partial charge >= 0.3 is 5.69 Å². The highest BCUT2D eigenvalue weighted by atomic mass is 16.2. The molecule has 2 aromatic rings. The second-order valence-electron chi connectivity index (χ2n) is 3.74. The molecule has 1 N–H and O–H groups in total. The van der Waals surface area contributed by atoms with E-state index >= 15 is 0 Å². The topological polar surface area (TPSA) is 72.7 Å². The Balaban J connectivity index is 2.99. The molecule has 0 saturated heterocycles. The predicted octanol–water partition coefficient (Wildman–Crippen LogP) is 0.00420. The fourth-order valence-corrected chi connectivity index (χ4v) is 1.49. The zero-order chi connectivity index (χ0) is 11.2. The van der Waals surface area contributed by atoms with Crippen molar-refractivity contribution in [2.45, 2.75) is 19.9 Å². The van der Waals surface area contributed by atoms with Gasteiger partial charge in [0.05, 0.1) is 6.33 Å². The fourth-order valence-electron chi connectivity index (χ4n) is 1.49. The molecule has 2 rings (SSSR count). The maximum Gasteiger partial charge on any atom is 0.329 e. The maximum atomic E-state index is 11.8. The van der Waals surface area contributed by atoms with Gasteiger partial charge in [0.2, 0.25) is 0 Å². The molecule has 15 heavy (non-hydrogen) atoms. The number of rotatable bonds is 1. The van der Waals surface area contributed by atoms with Gasteiger partial charge in [-0.2, -0.15) is 0 Å². The molecule has 0 atom stereocenters. The summed E-state index contributed by atoms with van der Waals surface area (Å²) in [5, 5.41) is 0. The zero-order valence-corrected chi connectivity index (χ0v) is 8.81. The smallest absolute Gasteiger partial charge is 0.322 e. The van der Waals surface area contributed by atoms with Crippen LogP contribution in [0.4, 0.5) is 0 Å². The average molecular weight is 208 g/mol. The van der Waals surface area contributed by atoms with Crippen LogP contribution in [0.5, 0.6) is 0 Å². The molecule has 6 nitrogen and oxygen atoms in total.